The minimum atomic E-state index is -4.35. The van der Waals surface area contributed by atoms with Crippen LogP contribution in [-0.4, -0.2) is 38.5 Å². The molecule has 0 amide bonds. The first kappa shape index (κ1) is 23.3. The van der Waals surface area contributed by atoms with Gasteiger partial charge in [0.1, 0.15) is 12.1 Å². The van der Waals surface area contributed by atoms with Gasteiger partial charge >= 0.3 is 11.2 Å². The molecule has 0 fully saturated rings. The summed E-state index contributed by atoms with van der Waals surface area (Å²) in [5.74, 6) is -0.0961. The second kappa shape index (κ2) is 9.56. The summed E-state index contributed by atoms with van der Waals surface area (Å²) < 4.78 is 51.8. The first-order chi connectivity index (χ1) is 15.7. The number of aromatic nitrogens is 3. The molecule has 33 heavy (non-hydrogen) atoms. The van der Waals surface area contributed by atoms with Gasteiger partial charge in [0.15, 0.2) is 0 Å². The number of rotatable bonds is 5. The Kier molecular flexibility index (Phi) is 6.76. The lowest BCUT2D eigenvalue weighted by Gasteiger charge is -2.30. The molecule has 0 radical (unpaired) electrons. The van der Waals surface area contributed by atoms with Crippen molar-refractivity contribution in [1.82, 2.24) is 14.5 Å². The van der Waals surface area contributed by atoms with Crippen molar-refractivity contribution in [2.24, 2.45) is 0 Å². The van der Waals surface area contributed by atoms with Gasteiger partial charge in [0.25, 0.3) is 0 Å². The molecule has 3 aromatic rings. The summed E-state index contributed by atoms with van der Waals surface area (Å²) >= 11 is 6.32. The van der Waals surface area contributed by atoms with Crippen LogP contribution in [0.2, 0.25) is 0 Å². The Labute approximate surface area is 195 Å². The quantitative estimate of drug-likeness (QED) is 0.284. The topological polar surface area (TPSA) is 51.0 Å². The summed E-state index contributed by atoms with van der Waals surface area (Å²) in [5.41, 5.74) is -2.55. The zero-order valence-electron chi connectivity index (χ0n) is 17.0. The number of nitrogens with zero attached hydrogens (tertiary/aromatic N) is 4. The maximum Gasteiger partial charge on any atom is 0.446 e. The van der Waals surface area contributed by atoms with Crippen LogP contribution >= 0.6 is 23.4 Å². The van der Waals surface area contributed by atoms with Gasteiger partial charge in [0, 0.05) is 18.0 Å². The summed E-state index contributed by atoms with van der Waals surface area (Å²) in [7, 11) is 0. The summed E-state index contributed by atoms with van der Waals surface area (Å²) in [5, 5.41) is -0.400. The number of benzene rings is 2. The van der Waals surface area contributed by atoms with Crippen LogP contribution in [0.1, 0.15) is 11.1 Å². The Hall–Kier alpha value is -2.85. The van der Waals surface area contributed by atoms with Crippen molar-refractivity contribution in [3.8, 4) is 0 Å². The molecule has 1 aliphatic heterocycles. The average Bonchev–Trinajstić information content (AvgIpc) is 2.76. The second-order valence-electron chi connectivity index (χ2n) is 7.30. The van der Waals surface area contributed by atoms with Crippen LogP contribution in [0.25, 0.3) is 5.57 Å². The number of halogens is 5. The number of thioether (sulfide) groups is 1. The standard InChI is InChI=1S/C22H17ClF4N4OS/c23-19-12-30(10-9-18(19)15-3-5-16(24)6-4-15)20-28-13-31(21(32)29-20)11-14-1-7-17(8-2-14)33-22(25,26)27/h1-9,13,19H,10-12H2. The molecule has 1 unspecified atom stereocenters. The van der Waals surface area contributed by atoms with Crippen LogP contribution in [0.15, 0.2) is 70.6 Å². The fourth-order valence-electron chi connectivity index (χ4n) is 3.41. The van der Waals surface area contributed by atoms with Gasteiger partial charge in [-0.1, -0.05) is 30.3 Å². The molecule has 1 aliphatic rings. The first-order valence-corrected chi connectivity index (χ1v) is 11.1. The zero-order valence-corrected chi connectivity index (χ0v) is 18.5. The summed E-state index contributed by atoms with van der Waals surface area (Å²) in [6.45, 7) is 0.924. The normalized spacial score (nSPS) is 16.6. The molecule has 5 nitrogen and oxygen atoms in total. The molecule has 1 atom stereocenters. The molecule has 0 bridgehead atoms. The molecule has 11 heteroatoms. The number of alkyl halides is 4. The highest BCUT2D eigenvalue weighted by Gasteiger charge is 2.29. The lowest BCUT2D eigenvalue weighted by atomic mass is 9.99. The Morgan fingerprint density at radius 1 is 1.09 bits per heavy atom. The van der Waals surface area contributed by atoms with E-state index in [0.717, 1.165) is 11.1 Å². The predicted molar refractivity (Wildman–Crippen MR) is 120 cm³/mol. The van der Waals surface area contributed by atoms with Gasteiger partial charge in [-0.25, -0.2) is 14.2 Å². The number of anilines is 1. The van der Waals surface area contributed by atoms with Gasteiger partial charge < -0.3 is 4.90 Å². The van der Waals surface area contributed by atoms with E-state index in [1.54, 1.807) is 17.0 Å². The average molecular weight is 497 g/mol. The van der Waals surface area contributed by atoms with Crippen molar-refractivity contribution in [2.45, 2.75) is 22.3 Å². The Morgan fingerprint density at radius 2 is 1.79 bits per heavy atom. The molecule has 172 valence electrons. The molecule has 4 rings (SSSR count). The van der Waals surface area contributed by atoms with E-state index < -0.39 is 16.6 Å². The van der Waals surface area contributed by atoms with E-state index in [1.807, 2.05) is 6.08 Å². The Bertz CT molecular complexity index is 1210. The predicted octanol–water partition coefficient (Wildman–Crippen LogP) is 4.95. The van der Waals surface area contributed by atoms with Gasteiger partial charge in [-0.3, -0.25) is 4.57 Å². The van der Waals surface area contributed by atoms with Crippen LogP contribution in [-0.2, 0) is 6.54 Å². The lowest BCUT2D eigenvalue weighted by molar-refractivity contribution is -0.0328. The van der Waals surface area contributed by atoms with E-state index in [9.17, 15) is 22.4 Å². The van der Waals surface area contributed by atoms with Crippen molar-refractivity contribution in [1.29, 1.82) is 0 Å². The molecular formula is C22H17ClF4N4OS. The van der Waals surface area contributed by atoms with Crippen LogP contribution in [0.4, 0.5) is 23.5 Å². The number of hydrogen-bond donors (Lipinski definition) is 0. The molecule has 2 heterocycles. The van der Waals surface area contributed by atoms with Gasteiger partial charge in [-0.2, -0.15) is 18.2 Å². The third kappa shape index (κ3) is 5.94. The van der Waals surface area contributed by atoms with E-state index in [4.69, 9.17) is 11.6 Å². The van der Waals surface area contributed by atoms with E-state index >= 15 is 0 Å². The highest BCUT2D eigenvalue weighted by atomic mass is 35.5. The first-order valence-electron chi connectivity index (χ1n) is 9.81. The minimum absolute atomic E-state index is 0.0685. The molecule has 0 saturated carbocycles. The molecule has 0 saturated heterocycles. The van der Waals surface area contributed by atoms with Crippen LogP contribution in [0.5, 0.6) is 0 Å². The van der Waals surface area contributed by atoms with Crippen molar-refractivity contribution in [3.05, 3.63) is 88.4 Å². The van der Waals surface area contributed by atoms with Crippen molar-refractivity contribution >= 4 is 34.9 Å². The van der Waals surface area contributed by atoms with Gasteiger partial charge in [0.2, 0.25) is 5.95 Å². The Balaban J connectivity index is 1.45. The summed E-state index contributed by atoms with van der Waals surface area (Å²) in [6.07, 6.45) is 3.25. The second-order valence-corrected chi connectivity index (χ2v) is 8.96. The van der Waals surface area contributed by atoms with E-state index in [-0.39, 0.29) is 35.0 Å². The smallest absolute Gasteiger partial charge is 0.335 e. The zero-order chi connectivity index (χ0) is 23.6. The largest absolute Gasteiger partial charge is 0.446 e. The molecular weight excluding hydrogens is 480 g/mol. The van der Waals surface area contributed by atoms with Crippen LogP contribution < -0.4 is 10.6 Å². The van der Waals surface area contributed by atoms with Crippen molar-refractivity contribution in [3.63, 3.8) is 0 Å². The third-order valence-electron chi connectivity index (χ3n) is 4.97. The number of hydrogen-bond acceptors (Lipinski definition) is 5. The maximum absolute atomic E-state index is 13.2. The molecule has 0 N–H and O–H groups in total. The summed E-state index contributed by atoms with van der Waals surface area (Å²) in [4.78, 5) is 22.6. The lowest BCUT2D eigenvalue weighted by Crippen LogP contribution is -2.38. The van der Waals surface area contributed by atoms with Gasteiger partial charge in [0.05, 0.1) is 11.9 Å². The van der Waals surface area contributed by atoms with E-state index in [2.05, 4.69) is 9.97 Å². The van der Waals surface area contributed by atoms with Gasteiger partial charge in [-0.05, 0) is 52.7 Å². The Morgan fingerprint density at radius 3 is 2.39 bits per heavy atom. The summed E-state index contributed by atoms with van der Waals surface area (Å²) in [6, 6.07) is 11.8. The molecule has 2 aromatic carbocycles. The molecule has 1 aromatic heterocycles. The van der Waals surface area contributed by atoms with Crippen molar-refractivity contribution < 1.29 is 17.6 Å². The SMILES string of the molecule is O=c1nc(N2CC=C(c3ccc(F)cc3)C(Cl)C2)ncn1Cc1ccc(SC(F)(F)F)cc1. The van der Waals surface area contributed by atoms with Gasteiger partial charge in [-0.15, -0.1) is 11.6 Å². The maximum atomic E-state index is 13.2. The molecule has 0 spiro atoms. The minimum Gasteiger partial charge on any atom is -0.335 e. The fraction of sp³-hybridized carbons (Fsp3) is 0.227. The highest BCUT2D eigenvalue weighted by Crippen LogP contribution is 2.36. The van der Waals surface area contributed by atoms with Crippen molar-refractivity contribution in [2.75, 3.05) is 18.0 Å². The van der Waals surface area contributed by atoms with E-state index in [1.165, 1.54) is 47.3 Å². The molecule has 0 aliphatic carbocycles. The monoisotopic (exact) mass is 496 g/mol. The highest BCUT2D eigenvalue weighted by molar-refractivity contribution is 8.00. The van der Waals surface area contributed by atoms with E-state index in [0.29, 0.717) is 18.7 Å². The van der Waals surface area contributed by atoms with Crippen LogP contribution in [0.3, 0.4) is 0 Å². The third-order valence-corrected chi connectivity index (χ3v) is 6.09. The fourth-order valence-corrected chi connectivity index (χ4v) is 4.33. The van der Waals surface area contributed by atoms with Crippen LogP contribution in [0, 0.1) is 5.82 Å².